The summed E-state index contributed by atoms with van der Waals surface area (Å²) in [4.78, 5) is 11.8. The summed E-state index contributed by atoms with van der Waals surface area (Å²) in [5.74, 6) is 0.998. The highest BCUT2D eigenvalue weighted by atomic mass is 16.5. The number of amides is 1. The van der Waals surface area contributed by atoms with Gasteiger partial charge in [0.25, 0.3) is 0 Å². The quantitative estimate of drug-likeness (QED) is 0.769. The molecule has 122 valence electrons. The van der Waals surface area contributed by atoms with Crippen molar-refractivity contribution < 1.29 is 19.4 Å². The third kappa shape index (κ3) is 5.31. The van der Waals surface area contributed by atoms with Crippen LogP contribution in [0.1, 0.15) is 31.2 Å². The third-order valence-electron chi connectivity index (χ3n) is 3.98. The SMILES string of the molecule is COc1ccc(COCC(O)CNC(=O)C2CCCC2)cc1. The summed E-state index contributed by atoms with van der Waals surface area (Å²) in [6.07, 6.45) is 3.52. The minimum absolute atomic E-state index is 0.0618. The molecule has 2 rings (SSSR count). The molecule has 0 aromatic heterocycles. The summed E-state index contributed by atoms with van der Waals surface area (Å²) >= 11 is 0. The fourth-order valence-electron chi connectivity index (χ4n) is 2.64. The molecule has 0 saturated heterocycles. The van der Waals surface area contributed by atoms with Gasteiger partial charge in [0.1, 0.15) is 5.75 Å². The van der Waals surface area contributed by atoms with Gasteiger partial charge in [-0.05, 0) is 30.5 Å². The van der Waals surface area contributed by atoms with Crippen LogP contribution in [0.15, 0.2) is 24.3 Å². The highest BCUT2D eigenvalue weighted by molar-refractivity contribution is 5.78. The summed E-state index contributed by atoms with van der Waals surface area (Å²) in [5.41, 5.74) is 1.02. The van der Waals surface area contributed by atoms with Gasteiger partial charge in [0, 0.05) is 12.5 Å². The zero-order valence-corrected chi connectivity index (χ0v) is 13.1. The van der Waals surface area contributed by atoms with E-state index in [2.05, 4.69) is 5.32 Å². The van der Waals surface area contributed by atoms with E-state index < -0.39 is 6.10 Å². The van der Waals surface area contributed by atoms with Crippen LogP contribution in [0, 0.1) is 5.92 Å². The molecule has 0 aliphatic heterocycles. The molecular weight excluding hydrogens is 282 g/mol. The van der Waals surface area contributed by atoms with Gasteiger partial charge in [-0.2, -0.15) is 0 Å². The number of methoxy groups -OCH3 is 1. The minimum atomic E-state index is -0.677. The molecule has 1 amide bonds. The number of carbonyl (C=O) groups excluding carboxylic acids is 1. The molecule has 1 unspecified atom stereocenters. The Kier molecular flexibility index (Phi) is 6.68. The molecule has 0 radical (unpaired) electrons. The van der Waals surface area contributed by atoms with E-state index in [4.69, 9.17) is 9.47 Å². The molecule has 0 bridgehead atoms. The normalized spacial score (nSPS) is 16.5. The maximum atomic E-state index is 11.8. The van der Waals surface area contributed by atoms with Crippen LogP contribution in [-0.2, 0) is 16.1 Å². The Bertz CT molecular complexity index is 454. The molecule has 1 atom stereocenters. The fourth-order valence-corrected chi connectivity index (χ4v) is 2.64. The maximum absolute atomic E-state index is 11.8. The van der Waals surface area contributed by atoms with Gasteiger partial charge in [-0.15, -0.1) is 0 Å². The summed E-state index contributed by atoms with van der Waals surface area (Å²) in [5, 5.41) is 12.6. The fraction of sp³-hybridized carbons (Fsp3) is 0.588. The highest BCUT2D eigenvalue weighted by Gasteiger charge is 2.22. The molecule has 0 heterocycles. The first kappa shape index (κ1) is 16.8. The van der Waals surface area contributed by atoms with Gasteiger partial charge >= 0.3 is 0 Å². The average Bonchev–Trinajstić information content (AvgIpc) is 3.08. The van der Waals surface area contributed by atoms with Crippen molar-refractivity contribution in [3.8, 4) is 5.75 Å². The average molecular weight is 307 g/mol. The van der Waals surface area contributed by atoms with Gasteiger partial charge in [0.05, 0.1) is 26.4 Å². The van der Waals surface area contributed by atoms with Crippen LogP contribution in [0.3, 0.4) is 0 Å². The standard InChI is InChI=1S/C17H25NO4/c1-21-16-8-6-13(7-9-16)11-22-12-15(19)10-18-17(20)14-4-2-3-5-14/h6-9,14-15,19H,2-5,10-12H2,1H3,(H,18,20). The number of hydrogen-bond acceptors (Lipinski definition) is 4. The van der Waals surface area contributed by atoms with Crippen molar-refractivity contribution in [3.63, 3.8) is 0 Å². The summed E-state index contributed by atoms with van der Waals surface area (Å²) in [6, 6.07) is 7.59. The van der Waals surface area contributed by atoms with Crippen molar-refractivity contribution in [1.82, 2.24) is 5.32 Å². The van der Waals surface area contributed by atoms with Crippen molar-refractivity contribution >= 4 is 5.91 Å². The van der Waals surface area contributed by atoms with Crippen LogP contribution in [0.25, 0.3) is 0 Å². The number of ether oxygens (including phenoxy) is 2. The number of hydrogen-bond donors (Lipinski definition) is 2. The number of rotatable bonds is 8. The Labute approximate surface area is 131 Å². The number of nitrogens with one attached hydrogen (secondary N) is 1. The van der Waals surface area contributed by atoms with Crippen molar-refractivity contribution in [2.75, 3.05) is 20.3 Å². The highest BCUT2D eigenvalue weighted by Crippen LogP contribution is 2.24. The first-order valence-electron chi connectivity index (χ1n) is 7.85. The second kappa shape index (κ2) is 8.76. The molecule has 1 aliphatic carbocycles. The smallest absolute Gasteiger partial charge is 0.223 e. The molecule has 1 aliphatic rings. The summed E-state index contributed by atoms with van der Waals surface area (Å²) in [6.45, 7) is 0.881. The lowest BCUT2D eigenvalue weighted by atomic mass is 10.1. The molecule has 0 spiro atoms. The lowest BCUT2D eigenvalue weighted by Crippen LogP contribution is -2.37. The van der Waals surface area contributed by atoms with Crippen LogP contribution >= 0.6 is 0 Å². The second-order valence-electron chi connectivity index (χ2n) is 5.74. The number of aliphatic hydroxyl groups excluding tert-OH is 1. The Hall–Kier alpha value is -1.59. The predicted molar refractivity (Wildman–Crippen MR) is 83.6 cm³/mol. The van der Waals surface area contributed by atoms with Gasteiger partial charge in [0.2, 0.25) is 5.91 Å². The molecule has 5 heteroatoms. The monoisotopic (exact) mass is 307 g/mol. The molecular formula is C17H25NO4. The van der Waals surface area contributed by atoms with E-state index in [0.29, 0.717) is 6.61 Å². The number of aliphatic hydroxyl groups is 1. The van der Waals surface area contributed by atoms with Gasteiger partial charge in [-0.1, -0.05) is 25.0 Å². The Balaban J connectivity index is 1.60. The van der Waals surface area contributed by atoms with Crippen LogP contribution in [0.2, 0.25) is 0 Å². The van der Waals surface area contributed by atoms with Crippen LogP contribution < -0.4 is 10.1 Å². The zero-order valence-electron chi connectivity index (χ0n) is 13.1. The molecule has 1 fully saturated rings. The van der Waals surface area contributed by atoms with Crippen molar-refractivity contribution in [1.29, 1.82) is 0 Å². The van der Waals surface area contributed by atoms with E-state index in [1.165, 1.54) is 0 Å². The van der Waals surface area contributed by atoms with Crippen molar-refractivity contribution in [2.45, 2.75) is 38.4 Å². The number of benzene rings is 1. The summed E-state index contributed by atoms with van der Waals surface area (Å²) in [7, 11) is 1.63. The van der Waals surface area contributed by atoms with Crippen molar-refractivity contribution in [3.05, 3.63) is 29.8 Å². The van der Waals surface area contributed by atoms with Gasteiger partial charge < -0.3 is 19.9 Å². The first-order chi connectivity index (χ1) is 10.7. The molecule has 1 saturated carbocycles. The van der Waals surface area contributed by atoms with E-state index in [-0.39, 0.29) is 25.0 Å². The third-order valence-corrected chi connectivity index (χ3v) is 3.98. The molecule has 22 heavy (non-hydrogen) atoms. The van der Waals surface area contributed by atoms with Crippen LogP contribution in [0.5, 0.6) is 5.75 Å². The van der Waals surface area contributed by atoms with E-state index >= 15 is 0 Å². The maximum Gasteiger partial charge on any atom is 0.223 e. The summed E-state index contributed by atoms with van der Waals surface area (Å²) < 4.78 is 10.6. The Morgan fingerprint density at radius 1 is 1.32 bits per heavy atom. The topological polar surface area (TPSA) is 67.8 Å². The Morgan fingerprint density at radius 2 is 2.00 bits per heavy atom. The zero-order chi connectivity index (χ0) is 15.8. The second-order valence-corrected chi connectivity index (χ2v) is 5.74. The van der Waals surface area contributed by atoms with E-state index in [1.54, 1.807) is 7.11 Å². The molecule has 1 aromatic carbocycles. The first-order valence-corrected chi connectivity index (χ1v) is 7.85. The predicted octanol–water partition coefficient (Wildman–Crippen LogP) is 1.88. The molecule has 5 nitrogen and oxygen atoms in total. The van der Waals surface area contributed by atoms with Crippen molar-refractivity contribution in [2.24, 2.45) is 5.92 Å². The van der Waals surface area contributed by atoms with E-state index in [0.717, 1.165) is 37.0 Å². The largest absolute Gasteiger partial charge is 0.497 e. The van der Waals surface area contributed by atoms with Gasteiger partial charge in [-0.3, -0.25) is 4.79 Å². The van der Waals surface area contributed by atoms with Crippen LogP contribution in [0.4, 0.5) is 0 Å². The lowest BCUT2D eigenvalue weighted by Gasteiger charge is -2.15. The van der Waals surface area contributed by atoms with Gasteiger partial charge in [-0.25, -0.2) is 0 Å². The van der Waals surface area contributed by atoms with Gasteiger partial charge in [0.15, 0.2) is 0 Å². The van der Waals surface area contributed by atoms with Crippen LogP contribution in [-0.4, -0.2) is 37.4 Å². The molecule has 2 N–H and O–H groups in total. The lowest BCUT2D eigenvalue weighted by molar-refractivity contribution is -0.125. The minimum Gasteiger partial charge on any atom is -0.497 e. The molecule has 1 aromatic rings. The Morgan fingerprint density at radius 3 is 2.64 bits per heavy atom. The number of carbonyl (C=O) groups is 1. The van der Waals surface area contributed by atoms with E-state index in [9.17, 15) is 9.90 Å². The van der Waals surface area contributed by atoms with E-state index in [1.807, 2.05) is 24.3 Å².